The van der Waals surface area contributed by atoms with Crippen LogP contribution in [-0.4, -0.2) is 37.5 Å². The number of hydrogen-bond donors (Lipinski definition) is 1. The number of nitrogens with zero attached hydrogens (tertiary/aromatic N) is 2. The summed E-state index contributed by atoms with van der Waals surface area (Å²) in [6.45, 7) is 8.85. The van der Waals surface area contributed by atoms with Crippen molar-refractivity contribution in [3.05, 3.63) is 24.3 Å². The van der Waals surface area contributed by atoms with Crippen LogP contribution in [0.2, 0.25) is 0 Å². The third kappa shape index (κ3) is 4.14. The minimum atomic E-state index is -0.252. The maximum Gasteiger partial charge on any atom is 0.227 e. The molecule has 2 fully saturated rings. The Morgan fingerprint density at radius 3 is 2.32 bits per heavy atom. The highest BCUT2D eigenvalue weighted by Gasteiger charge is 2.35. The Kier molecular flexibility index (Phi) is 5.30. The molecule has 2 amide bonds. The van der Waals surface area contributed by atoms with Gasteiger partial charge >= 0.3 is 0 Å². The van der Waals surface area contributed by atoms with Gasteiger partial charge in [0.1, 0.15) is 0 Å². The van der Waals surface area contributed by atoms with Crippen LogP contribution in [-0.2, 0) is 9.59 Å². The van der Waals surface area contributed by atoms with Gasteiger partial charge in [0.25, 0.3) is 0 Å². The fourth-order valence-corrected chi connectivity index (χ4v) is 3.65. The van der Waals surface area contributed by atoms with E-state index in [2.05, 4.69) is 29.3 Å². The molecule has 5 heteroatoms. The molecule has 1 unspecified atom stereocenters. The zero-order chi connectivity index (χ0) is 18.0. The van der Waals surface area contributed by atoms with Crippen molar-refractivity contribution in [3.8, 4) is 0 Å². The Morgan fingerprint density at radius 2 is 1.72 bits per heavy atom. The van der Waals surface area contributed by atoms with Crippen LogP contribution in [0, 0.1) is 11.8 Å². The van der Waals surface area contributed by atoms with E-state index in [1.807, 2.05) is 26.0 Å². The number of amides is 2. The van der Waals surface area contributed by atoms with Gasteiger partial charge in [0.2, 0.25) is 11.8 Å². The highest BCUT2D eigenvalue weighted by atomic mass is 16.2. The minimum Gasteiger partial charge on any atom is -0.372 e. The van der Waals surface area contributed by atoms with E-state index in [1.54, 1.807) is 4.90 Å². The third-order valence-corrected chi connectivity index (χ3v) is 5.24. The quantitative estimate of drug-likeness (QED) is 0.915. The summed E-state index contributed by atoms with van der Waals surface area (Å²) < 4.78 is 0. The minimum absolute atomic E-state index is 0.0232. The summed E-state index contributed by atoms with van der Waals surface area (Å²) in [5.41, 5.74) is 2.11. The van der Waals surface area contributed by atoms with Gasteiger partial charge in [0.05, 0.1) is 5.92 Å². The zero-order valence-corrected chi connectivity index (χ0v) is 15.5. The maximum absolute atomic E-state index is 12.3. The second-order valence-electron chi connectivity index (χ2n) is 7.75. The van der Waals surface area contributed by atoms with Gasteiger partial charge in [-0.25, -0.2) is 0 Å². The van der Waals surface area contributed by atoms with E-state index in [1.165, 1.54) is 18.5 Å². The predicted molar refractivity (Wildman–Crippen MR) is 101 cm³/mol. The van der Waals surface area contributed by atoms with Crippen LogP contribution in [0.15, 0.2) is 24.3 Å². The third-order valence-electron chi connectivity index (χ3n) is 5.24. The van der Waals surface area contributed by atoms with Gasteiger partial charge in [-0.3, -0.25) is 9.59 Å². The van der Waals surface area contributed by atoms with E-state index in [-0.39, 0.29) is 23.8 Å². The molecule has 0 saturated carbocycles. The summed E-state index contributed by atoms with van der Waals surface area (Å²) in [7, 11) is 0. The molecular weight excluding hydrogens is 314 g/mol. The first-order chi connectivity index (χ1) is 11.9. The van der Waals surface area contributed by atoms with Crippen LogP contribution >= 0.6 is 0 Å². The van der Waals surface area contributed by atoms with Crippen LogP contribution in [0.1, 0.15) is 40.0 Å². The van der Waals surface area contributed by atoms with Gasteiger partial charge < -0.3 is 15.1 Å². The molecule has 0 aromatic heterocycles. The summed E-state index contributed by atoms with van der Waals surface area (Å²) in [6.07, 6.45) is 2.77. The summed E-state index contributed by atoms with van der Waals surface area (Å²) in [5, 5.41) is 2.91. The summed E-state index contributed by atoms with van der Waals surface area (Å²) in [4.78, 5) is 28.7. The fourth-order valence-electron chi connectivity index (χ4n) is 3.65. The molecule has 1 aromatic rings. The average molecular weight is 343 g/mol. The van der Waals surface area contributed by atoms with E-state index in [4.69, 9.17) is 0 Å². The molecule has 0 bridgehead atoms. The van der Waals surface area contributed by atoms with Crippen molar-refractivity contribution >= 4 is 23.2 Å². The lowest BCUT2D eigenvalue weighted by atomic mass is 9.99. The SMILES string of the molecule is CC1CCN(c2ccc(N3CC(C(=O)NC(C)C)CC3=O)cc2)CC1. The average Bonchev–Trinajstić information content (AvgIpc) is 2.97. The van der Waals surface area contributed by atoms with Crippen LogP contribution in [0.5, 0.6) is 0 Å². The van der Waals surface area contributed by atoms with E-state index in [9.17, 15) is 9.59 Å². The lowest BCUT2D eigenvalue weighted by molar-refractivity contribution is -0.126. The number of carbonyl (C=O) groups excluding carboxylic acids is 2. The van der Waals surface area contributed by atoms with Crippen molar-refractivity contribution in [2.24, 2.45) is 11.8 Å². The Hall–Kier alpha value is -2.04. The summed E-state index contributed by atoms with van der Waals surface area (Å²) in [6, 6.07) is 8.31. The largest absolute Gasteiger partial charge is 0.372 e. The van der Waals surface area contributed by atoms with Gasteiger partial charge in [-0.1, -0.05) is 6.92 Å². The molecule has 2 saturated heterocycles. The van der Waals surface area contributed by atoms with E-state index in [0.29, 0.717) is 13.0 Å². The number of nitrogens with one attached hydrogen (secondary N) is 1. The molecule has 5 nitrogen and oxygen atoms in total. The number of benzene rings is 1. The van der Waals surface area contributed by atoms with Crippen LogP contribution in [0.4, 0.5) is 11.4 Å². The molecule has 2 aliphatic rings. The van der Waals surface area contributed by atoms with Crippen molar-refractivity contribution in [2.75, 3.05) is 29.4 Å². The van der Waals surface area contributed by atoms with Crippen LogP contribution in [0.25, 0.3) is 0 Å². The lowest BCUT2D eigenvalue weighted by Crippen LogP contribution is -2.37. The topological polar surface area (TPSA) is 52.6 Å². The smallest absolute Gasteiger partial charge is 0.227 e. The van der Waals surface area contributed by atoms with Gasteiger partial charge in [-0.15, -0.1) is 0 Å². The number of hydrogen-bond acceptors (Lipinski definition) is 3. The number of anilines is 2. The van der Waals surface area contributed by atoms with Crippen molar-refractivity contribution in [2.45, 2.75) is 46.1 Å². The molecule has 2 heterocycles. The highest BCUT2D eigenvalue weighted by Crippen LogP contribution is 2.29. The second-order valence-corrected chi connectivity index (χ2v) is 7.75. The normalized spacial score (nSPS) is 21.9. The number of rotatable bonds is 4. The Labute approximate surface area is 150 Å². The number of piperidine rings is 1. The molecule has 1 atom stereocenters. The fraction of sp³-hybridized carbons (Fsp3) is 0.600. The maximum atomic E-state index is 12.3. The predicted octanol–water partition coefficient (Wildman–Crippen LogP) is 2.80. The summed E-state index contributed by atoms with van der Waals surface area (Å²) >= 11 is 0. The van der Waals surface area contributed by atoms with Crippen molar-refractivity contribution in [3.63, 3.8) is 0 Å². The Bertz CT molecular complexity index is 618. The molecule has 2 aliphatic heterocycles. The molecule has 1 N–H and O–H groups in total. The highest BCUT2D eigenvalue weighted by molar-refractivity contribution is 6.00. The lowest BCUT2D eigenvalue weighted by Gasteiger charge is -2.32. The van der Waals surface area contributed by atoms with E-state index in [0.717, 1.165) is 24.7 Å². The van der Waals surface area contributed by atoms with Crippen molar-refractivity contribution in [1.29, 1.82) is 0 Å². The Morgan fingerprint density at radius 1 is 1.12 bits per heavy atom. The zero-order valence-electron chi connectivity index (χ0n) is 15.5. The monoisotopic (exact) mass is 343 g/mol. The molecule has 25 heavy (non-hydrogen) atoms. The van der Waals surface area contributed by atoms with Crippen molar-refractivity contribution in [1.82, 2.24) is 5.32 Å². The van der Waals surface area contributed by atoms with Gasteiger partial charge in [0.15, 0.2) is 0 Å². The first kappa shape index (κ1) is 17.8. The first-order valence-electron chi connectivity index (χ1n) is 9.40. The summed E-state index contributed by atoms with van der Waals surface area (Å²) in [5.74, 6) is 0.568. The molecule has 3 rings (SSSR count). The first-order valence-corrected chi connectivity index (χ1v) is 9.40. The van der Waals surface area contributed by atoms with Gasteiger partial charge in [-0.05, 0) is 56.9 Å². The Balaban J connectivity index is 1.64. The number of carbonyl (C=O) groups is 2. The molecule has 0 spiro atoms. The second kappa shape index (κ2) is 7.46. The standard InChI is InChI=1S/C20H29N3O2/c1-14(2)21-20(25)16-12-19(24)23(13-16)18-6-4-17(5-7-18)22-10-8-15(3)9-11-22/h4-7,14-16H,8-13H2,1-3H3,(H,21,25). The molecule has 136 valence electrons. The van der Waals surface area contributed by atoms with Crippen LogP contribution in [0.3, 0.4) is 0 Å². The molecule has 0 radical (unpaired) electrons. The van der Waals surface area contributed by atoms with Crippen molar-refractivity contribution < 1.29 is 9.59 Å². The van der Waals surface area contributed by atoms with Gasteiger partial charge in [0, 0.05) is 43.5 Å². The van der Waals surface area contributed by atoms with Crippen LogP contribution < -0.4 is 15.1 Å². The molecular formula is C20H29N3O2. The van der Waals surface area contributed by atoms with E-state index < -0.39 is 0 Å². The molecule has 0 aliphatic carbocycles. The van der Waals surface area contributed by atoms with E-state index >= 15 is 0 Å². The van der Waals surface area contributed by atoms with Gasteiger partial charge in [-0.2, -0.15) is 0 Å². The molecule has 1 aromatic carbocycles.